The molecule has 0 amide bonds. The summed E-state index contributed by atoms with van der Waals surface area (Å²) in [4.78, 5) is 8.79. The molecule has 0 N–H and O–H groups in total. The topological polar surface area (TPSA) is 35.6 Å². The Morgan fingerprint density at radius 2 is 0.886 bits per heavy atom. The van der Waals surface area contributed by atoms with Crippen LogP contribution in [0.25, 0.3) is 34.2 Å². The van der Waals surface area contributed by atoms with Crippen molar-refractivity contribution in [3.8, 4) is 34.2 Å². The monoisotopic (exact) mass is 633 g/mol. The normalized spacial score (nSPS) is 10.1. The summed E-state index contributed by atoms with van der Waals surface area (Å²) in [5.41, 5.74) is 4.22. The van der Waals surface area contributed by atoms with E-state index in [2.05, 4.69) is 55.5 Å². The van der Waals surface area contributed by atoms with E-state index in [1.54, 1.807) is 0 Å². The second-order valence-corrected chi connectivity index (χ2v) is 7.47. The van der Waals surface area contributed by atoms with Crippen molar-refractivity contribution in [1.29, 1.82) is 0 Å². The minimum Gasteiger partial charge on any atom is -0.340 e. The van der Waals surface area contributed by atoms with Gasteiger partial charge in [-0.15, -0.1) is 71.8 Å². The maximum Gasteiger partial charge on any atom is 2.00 e. The number of imidazole rings is 2. The average molecular weight is 634 g/mol. The Morgan fingerprint density at radius 3 is 1.26 bits per heavy atom. The van der Waals surface area contributed by atoms with Gasteiger partial charge in [-0.3, -0.25) is 9.97 Å². The average Bonchev–Trinajstić information content (AvgIpc) is 3.62. The van der Waals surface area contributed by atoms with Gasteiger partial charge in [-0.1, -0.05) is 36.4 Å². The molecule has 6 aromatic rings. The molecule has 0 radical (unpaired) electrons. The van der Waals surface area contributed by atoms with Crippen molar-refractivity contribution in [3.63, 3.8) is 0 Å². The van der Waals surface area contributed by atoms with Gasteiger partial charge in [-0.25, -0.2) is 0 Å². The van der Waals surface area contributed by atoms with Crippen molar-refractivity contribution < 1.29 is 21.1 Å². The van der Waals surface area contributed by atoms with Crippen molar-refractivity contribution >= 4 is 0 Å². The number of hydrogen-bond acceptors (Lipinski definition) is 2. The maximum absolute atomic E-state index is 4.39. The van der Waals surface area contributed by atoms with Gasteiger partial charge in [0, 0.05) is 36.2 Å². The molecule has 6 rings (SSSR count). The molecule has 2 aromatic heterocycles. The Kier molecular flexibility index (Phi) is 8.21. The fourth-order valence-corrected chi connectivity index (χ4v) is 3.66. The van der Waals surface area contributed by atoms with Crippen LogP contribution < -0.4 is 0 Å². The summed E-state index contributed by atoms with van der Waals surface area (Å²) in [6.07, 6.45) is 7.54. The predicted molar refractivity (Wildman–Crippen MR) is 136 cm³/mol. The second kappa shape index (κ2) is 11.9. The minimum atomic E-state index is 0. The fourth-order valence-electron chi connectivity index (χ4n) is 3.66. The maximum atomic E-state index is 4.39. The SMILES string of the molecule is [Pt+2].[c-]1ccccc1-c1nccn1-c1ccccc1.[c-]1ccccc1-c1nccn1-c1ccccc1. The van der Waals surface area contributed by atoms with Crippen LogP contribution in [-0.2, 0) is 21.1 Å². The van der Waals surface area contributed by atoms with Gasteiger partial charge in [0.15, 0.2) is 0 Å². The number of hydrogen-bond donors (Lipinski definition) is 0. The molecule has 0 bridgehead atoms. The molecule has 4 aromatic carbocycles. The minimum absolute atomic E-state index is 0. The number of rotatable bonds is 4. The van der Waals surface area contributed by atoms with E-state index >= 15 is 0 Å². The van der Waals surface area contributed by atoms with Crippen LogP contribution in [0.3, 0.4) is 0 Å². The molecule has 0 fully saturated rings. The van der Waals surface area contributed by atoms with E-state index in [0.717, 1.165) is 34.2 Å². The van der Waals surface area contributed by atoms with Crippen LogP contribution >= 0.6 is 0 Å². The van der Waals surface area contributed by atoms with Crippen LogP contribution in [0.2, 0.25) is 0 Å². The third-order valence-corrected chi connectivity index (χ3v) is 5.25. The quantitative estimate of drug-likeness (QED) is 0.203. The first-order valence-electron chi connectivity index (χ1n) is 11.0. The Balaban J connectivity index is 0.000000160. The fraction of sp³-hybridized carbons (Fsp3) is 0. The van der Waals surface area contributed by atoms with Gasteiger partial charge in [0.05, 0.1) is 11.6 Å². The summed E-state index contributed by atoms with van der Waals surface area (Å²) in [5, 5.41) is 0. The van der Waals surface area contributed by atoms with Crippen molar-refractivity contribution in [2.75, 3.05) is 0 Å². The number of para-hydroxylation sites is 2. The molecule has 4 nitrogen and oxygen atoms in total. The summed E-state index contributed by atoms with van der Waals surface area (Å²) in [5.74, 6) is 1.83. The Hall–Kier alpha value is -4.01. The third kappa shape index (κ3) is 5.74. The Labute approximate surface area is 219 Å². The molecule has 5 heteroatoms. The smallest absolute Gasteiger partial charge is 0.340 e. The van der Waals surface area contributed by atoms with Crippen LogP contribution in [0.1, 0.15) is 0 Å². The molecule has 2 heterocycles. The van der Waals surface area contributed by atoms with E-state index in [1.165, 1.54) is 0 Å². The van der Waals surface area contributed by atoms with E-state index in [1.807, 2.05) is 110 Å². The molecule has 0 aliphatic heterocycles. The Bertz CT molecular complexity index is 1210. The molecule has 0 saturated carbocycles. The number of aromatic nitrogens is 4. The van der Waals surface area contributed by atoms with Crippen molar-refractivity contribution in [1.82, 2.24) is 19.1 Å². The van der Waals surface area contributed by atoms with E-state index in [9.17, 15) is 0 Å². The van der Waals surface area contributed by atoms with Crippen LogP contribution in [-0.4, -0.2) is 19.1 Å². The van der Waals surface area contributed by atoms with Gasteiger partial charge in [0.2, 0.25) is 0 Å². The molecular formula is C30H22N4Pt. The van der Waals surface area contributed by atoms with Gasteiger partial charge in [-0.2, -0.15) is 0 Å². The first-order valence-corrected chi connectivity index (χ1v) is 11.0. The van der Waals surface area contributed by atoms with Gasteiger partial charge >= 0.3 is 21.1 Å². The van der Waals surface area contributed by atoms with E-state index in [4.69, 9.17) is 0 Å². The molecule has 0 saturated heterocycles. The molecule has 35 heavy (non-hydrogen) atoms. The summed E-state index contributed by atoms with van der Waals surface area (Å²) in [6.45, 7) is 0. The molecule has 0 spiro atoms. The zero-order valence-electron chi connectivity index (χ0n) is 18.8. The van der Waals surface area contributed by atoms with Crippen LogP contribution in [0.15, 0.2) is 134 Å². The molecular weight excluding hydrogens is 611 g/mol. The summed E-state index contributed by atoms with van der Waals surface area (Å²) >= 11 is 0. The summed E-state index contributed by atoms with van der Waals surface area (Å²) in [6, 6.07) is 42.5. The Morgan fingerprint density at radius 1 is 0.486 bits per heavy atom. The van der Waals surface area contributed by atoms with Crippen molar-refractivity contribution in [2.24, 2.45) is 0 Å². The van der Waals surface area contributed by atoms with Crippen molar-refractivity contribution in [2.45, 2.75) is 0 Å². The number of nitrogens with zero attached hydrogens (tertiary/aromatic N) is 4. The molecule has 0 unspecified atom stereocenters. The van der Waals surface area contributed by atoms with E-state index < -0.39 is 0 Å². The third-order valence-electron chi connectivity index (χ3n) is 5.25. The molecule has 0 aliphatic rings. The van der Waals surface area contributed by atoms with Gasteiger partial charge in [-0.05, 0) is 24.3 Å². The first kappa shape index (κ1) is 24.1. The standard InChI is InChI=1S/2C15H11N2.Pt/c2*1-3-7-13(8-4-1)15-16-11-12-17(15)14-9-5-2-6-10-14;/h2*1-7,9-12H;/q2*-1;+2. The number of benzene rings is 4. The molecule has 0 atom stereocenters. The molecule has 0 aliphatic carbocycles. The largest absolute Gasteiger partial charge is 2.00 e. The van der Waals surface area contributed by atoms with Crippen LogP contribution in [0, 0.1) is 12.1 Å². The van der Waals surface area contributed by atoms with Crippen LogP contribution in [0.5, 0.6) is 0 Å². The zero-order chi connectivity index (χ0) is 23.0. The zero-order valence-corrected chi connectivity index (χ0v) is 21.1. The van der Waals surface area contributed by atoms with Crippen LogP contribution in [0.4, 0.5) is 0 Å². The second-order valence-electron chi connectivity index (χ2n) is 7.47. The van der Waals surface area contributed by atoms with Gasteiger partial charge in [0.25, 0.3) is 0 Å². The summed E-state index contributed by atoms with van der Waals surface area (Å²) < 4.78 is 4.12. The van der Waals surface area contributed by atoms with E-state index in [-0.39, 0.29) is 21.1 Å². The predicted octanol–water partition coefficient (Wildman–Crippen LogP) is 6.68. The van der Waals surface area contributed by atoms with E-state index in [0.29, 0.717) is 0 Å². The van der Waals surface area contributed by atoms with Crippen molar-refractivity contribution in [3.05, 3.63) is 146 Å². The molecule has 172 valence electrons. The summed E-state index contributed by atoms with van der Waals surface area (Å²) in [7, 11) is 0. The van der Waals surface area contributed by atoms with Gasteiger partial charge < -0.3 is 9.13 Å². The first-order chi connectivity index (χ1) is 16.9. The van der Waals surface area contributed by atoms with Gasteiger partial charge in [0.1, 0.15) is 0 Å².